The topological polar surface area (TPSA) is 63.7 Å². The molecule has 7 heteroatoms. The lowest BCUT2D eigenvalue weighted by Gasteiger charge is -2.25. The molecular weight excluding hydrogens is 393 g/mol. The van der Waals surface area contributed by atoms with Gasteiger partial charge in [0, 0.05) is 19.5 Å². The Bertz CT molecular complexity index is 911. The van der Waals surface area contributed by atoms with Crippen molar-refractivity contribution in [2.75, 3.05) is 6.54 Å². The van der Waals surface area contributed by atoms with Gasteiger partial charge in [-0.2, -0.15) is 8.42 Å². The third-order valence-corrected chi connectivity index (χ3v) is 5.52. The number of hydrogen-bond donors (Lipinski definition) is 0. The number of benzene rings is 2. The summed E-state index contributed by atoms with van der Waals surface area (Å²) in [5.74, 6) is 0.0333. The van der Waals surface area contributed by atoms with Gasteiger partial charge in [-0.3, -0.25) is 4.79 Å². The normalized spacial score (nSPS) is 11.5. The van der Waals surface area contributed by atoms with Gasteiger partial charge in [0.15, 0.2) is 0 Å². The van der Waals surface area contributed by atoms with E-state index >= 15 is 0 Å². The third-order valence-electron chi connectivity index (χ3n) is 4.26. The van der Waals surface area contributed by atoms with Gasteiger partial charge in [-0.15, -0.1) is 0 Å². The maximum Gasteiger partial charge on any atom is 0.339 e. The zero-order chi connectivity index (χ0) is 21.4. The van der Waals surface area contributed by atoms with E-state index in [1.54, 1.807) is 17.0 Å². The summed E-state index contributed by atoms with van der Waals surface area (Å²) in [4.78, 5) is 14.2. The van der Waals surface area contributed by atoms with E-state index < -0.39 is 15.9 Å². The average Bonchev–Trinajstić information content (AvgIpc) is 2.65. The van der Waals surface area contributed by atoms with E-state index in [2.05, 4.69) is 13.8 Å². The van der Waals surface area contributed by atoms with Crippen LogP contribution < -0.4 is 4.18 Å². The number of nitrogens with zero attached hydrogens (tertiary/aromatic N) is 1. The molecule has 0 unspecified atom stereocenters. The van der Waals surface area contributed by atoms with Gasteiger partial charge in [0.25, 0.3) is 0 Å². The van der Waals surface area contributed by atoms with E-state index in [0.29, 0.717) is 25.4 Å². The van der Waals surface area contributed by atoms with E-state index in [-0.39, 0.29) is 16.6 Å². The minimum atomic E-state index is -4.07. The smallest absolute Gasteiger partial charge is 0.339 e. The van der Waals surface area contributed by atoms with Crippen LogP contribution >= 0.6 is 0 Å². The molecule has 158 valence electrons. The molecule has 2 aromatic carbocycles. The van der Waals surface area contributed by atoms with Crippen molar-refractivity contribution in [1.82, 2.24) is 4.90 Å². The first-order valence-corrected chi connectivity index (χ1v) is 11.2. The number of unbranched alkanes of at least 4 members (excludes halogenated alkanes) is 1. The highest BCUT2D eigenvalue weighted by molar-refractivity contribution is 7.87. The number of amides is 1. The second-order valence-electron chi connectivity index (χ2n) is 7.41. The fourth-order valence-corrected chi connectivity index (χ4v) is 3.80. The molecule has 0 atom stereocenters. The van der Waals surface area contributed by atoms with Gasteiger partial charge < -0.3 is 9.08 Å². The van der Waals surface area contributed by atoms with Crippen LogP contribution in [0.25, 0.3) is 0 Å². The molecule has 0 aliphatic carbocycles. The lowest BCUT2D eigenvalue weighted by molar-refractivity contribution is -0.132. The van der Waals surface area contributed by atoms with Crippen molar-refractivity contribution < 1.29 is 21.8 Å². The first kappa shape index (κ1) is 22.9. The second-order valence-corrected chi connectivity index (χ2v) is 8.96. The second kappa shape index (κ2) is 10.4. The van der Waals surface area contributed by atoms with Crippen LogP contribution in [0.1, 0.15) is 45.6 Å². The van der Waals surface area contributed by atoms with Crippen molar-refractivity contribution in [3.63, 3.8) is 0 Å². The molecule has 0 heterocycles. The molecule has 2 rings (SSSR count). The molecule has 5 nitrogen and oxygen atoms in total. The fourth-order valence-electron chi connectivity index (χ4n) is 2.87. The van der Waals surface area contributed by atoms with Gasteiger partial charge in [-0.05, 0) is 54.3 Å². The largest absolute Gasteiger partial charge is 0.379 e. The summed E-state index contributed by atoms with van der Waals surface area (Å²) in [5, 5.41) is 0. The average molecular weight is 422 g/mol. The van der Waals surface area contributed by atoms with Crippen molar-refractivity contribution in [3.05, 3.63) is 59.9 Å². The number of halogens is 1. The molecule has 0 aromatic heterocycles. The van der Waals surface area contributed by atoms with Crippen LogP contribution in [0.4, 0.5) is 4.39 Å². The van der Waals surface area contributed by atoms with Gasteiger partial charge in [-0.25, -0.2) is 4.39 Å². The van der Waals surface area contributed by atoms with E-state index in [1.165, 1.54) is 6.07 Å². The Morgan fingerprint density at radius 3 is 2.45 bits per heavy atom. The van der Waals surface area contributed by atoms with Gasteiger partial charge in [0.05, 0.1) is 0 Å². The summed E-state index contributed by atoms with van der Waals surface area (Å²) in [6.07, 6.45) is 2.29. The number of hydrogen-bond acceptors (Lipinski definition) is 4. The predicted octanol–water partition coefficient (Wildman–Crippen LogP) is 4.77. The van der Waals surface area contributed by atoms with Gasteiger partial charge in [-0.1, -0.05) is 39.3 Å². The monoisotopic (exact) mass is 421 g/mol. The van der Waals surface area contributed by atoms with Crippen LogP contribution in [0.5, 0.6) is 5.75 Å². The lowest BCUT2D eigenvalue weighted by Crippen LogP contribution is -2.33. The number of carbonyl (C=O) groups is 1. The zero-order valence-corrected chi connectivity index (χ0v) is 17.9. The molecule has 0 saturated carbocycles. The number of rotatable bonds is 10. The fraction of sp³-hybridized carbons (Fsp3) is 0.409. The Morgan fingerprint density at radius 2 is 1.83 bits per heavy atom. The Morgan fingerprint density at radius 1 is 1.14 bits per heavy atom. The molecule has 1 amide bonds. The quantitative estimate of drug-likeness (QED) is 0.519. The van der Waals surface area contributed by atoms with Crippen molar-refractivity contribution in [1.29, 1.82) is 0 Å². The van der Waals surface area contributed by atoms with Crippen LogP contribution in [0, 0.1) is 11.7 Å². The Balaban J connectivity index is 2.16. The molecule has 2 aromatic rings. The summed E-state index contributed by atoms with van der Waals surface area (Å²) in [7, 11) is -4.07. The van der Waals surface area contributed by atoms with Gasteiger partial charge in [0.1, 0.15) is 16.5 Å². The van der Waals surface area contributed by atoms with Crippen LogP contribution in [0.2, 0.25) is 0 Å². The van der Waals surface area contributed by atoms with Crippen molar-refractivity contribution in [2.45, 2.75) is 51.5 Å². The van der Waals surface area contributed by atoms with E-state index in [4.69, 9.17) is 4.18 Å². The van der Waals surface area contributed by atoms with Crippen LogP contribution in [0.15, 0.2) is 53.4 Å². The molecule has 0 aliphatic rings. The highest BCUT2D eigenvalue weighted by atomic mass is 32.2. The van der Waals surface area contributed by atoms with Crippen molar-refractivity contribution in [2.24, 2.45) is 5.92 Å². The third kappa shape index (κ3) is 7.16. The Hall–Kier alpha value is -2.41. The highest BCUT2D eigenvalue weighted by Gasteiger charge is 2.18. The highest BCUT2D eigenvalue weighted by Crippen LogP contribution is 2.21. The molecular formula is C22H28FNO4S. The molecule has 0 aliphatic heterocycles. The summed E-state index contributed by atoms with van der Waals surface area (Å²) in [6, 6.07) is 11.1. The molecule has 0 saturated heterocycles. The number of carbonyl (C=O) groups excluding carboxylic acids is 1. The summed E-state index contributed by atoms with van der Waals surface area (Å²) < 4.78 is 43.1. The predicted molar refractivity (Wildman–Crippen MR) is 110 cm³/mol. The summed E-state index contributed by atoms with van der Waals surface area (Å²) in [5.41, 5.74) is 0.780. The van der Waals surface area contributed by atoms with Crippen molar-refractivity contribution in [3.8, 4) is 5.75 Å². The standard InChI is InChI=1S/C22H28FNO4S/c1-4-5-9-22(25)24(15-17(2)3)16-18-7-6-8-20(14-18)28-29(26,27)21-12-10-19(23)11-13-21/h6-8,10-14,17H,4-5,9,15-16H2,1-3H3. The van der Waals surface area contributed by atoms with Crippen molar-refractivity contribution >= 4 is 16.0 Å². The molecule has 0 radical (unpaired) electrons. The first-order chi connectivity index (χ1) is 13.7. The van der Waals surface area contributed by atoms with Crippen LogP contribution in [-0.2, 0) is 21.5 Å². The minimum absolute atomic E-state index is 0.0887. The molecule has 0 N–H and O–H groups in total. The van der Waals surface area contributed by atoms with Crippen LogP contribution in [-0.4, -0.2) is 25.8 Å². The van der Waals surface area contributed by atoms with Gasteiger partial charge in [0.2, 0.25) is 5.91 Å². The maximum atomic E-state index is 13.0. The van der Waals surface area contributed by atoms with Crippen LogP contribution in [0.3, 0.4) is 0 Å². The molecule has 0 spiro atoms. The molecule has 0 fully saturated rings. The zero-order valence-electron chi connectivity index (χ0n) is 17.1. The molecule has 0 bridgehead atoms. The van der Waals surface area contributed by atoms with Gasteiger partial charge >= 0.3 is 10.1 Å². The lowest BCUT2D eigenvalue weighted by atomic mass is 10.1. The van der Waals surface area contributed by atoms with E-state index in [0.717, 1.165) is 42.7 Å². The SMILES string of the molecule is CCCCC(=O)N(Cc1cccc(OS(=O)(=O)c2ccc(F)cc2)c1)CC(C)C. The van der Waals surface area contributed by atoms with E-state index in [1.807, 2.05) is 13.0 Å². The summed E-state index contributed by atoms with van der Waals surface area (Å²) in [6.45, 7) is 7.16. The first-order valence-electron chi connectivity index (χ1n) is 9.78. The maximum absolute atomic E-state index is 13.0. The molecule has 29 heavy (non-hydrogen) atoms. The Kier molecular flexibility index (Phi) is 8.20. The Labute approximate surface area is 172 Å². The summed E-state index contributed by atoms with van der Waals surface area (Å²) >= 11 is 0. The minimum Gasteiger partial charge on any atom is -0.379 e. The van der Waals surface area contributed by atoms with E-state index in [9.17, 15) is 17.6 Å².